The minimum Gasteiger partial charge on any atom is -0.508 e. The van der Waals surface area contributed by atoms with E-state index in [0.29, 0.717) is 13.0 Å². The summed E-state index contributed by atoms with van der Waals surface area (Å²) >= 11 is 0. The number of hydrogen-bond donors (Lipinski definition) is 2. The van der Waals surface area contributed by atoms with Crippen LogP contribution in [0.3, 0.4) is 0 Å². The van der Waals surface area contributed by atoms with Gasteiger partial charge in [0.05, 0.1) is 18.7 Å². The predicted molar refractivity (Wildman–Crippen MR) is 87.1 cm³/mol. The van der Waals surface area contributed by atoms with Crippen molar-refractivity contribution >= 4 is 11.8 Å². The lowest BCUT2D eigenvalue weighted by Crippen LogP contribution is -2.58. The molecule has 1 saturated carbocycles. The number of aromatic hydroxyl groups is 1. The summed E-state index contributed by atoms with van der Waals surface area (Å²) in [6, 6.07) is 1.47. The smallest absolute Gasteiger partial charge is 0.340 e. The van der Waals surface area contributed by atoms with Crippen molar-refractivity contribution in [2.75, 3.05) is 26.2 Å². The highest BCUT2D eigenvalue weighted by atomic mass is 16.4. The molecule has 2 heterocycles. The molecule has 0 spiro atoms. The summed E-state index contributed by atoms with van der Waals surface area (Å²) < 4.78 is 4.84. The van der Waals surface area contributed by atoms with E-state index >= 15 is 0 Å². The summed E-state index contributed by atoms with van der Waals surface area (Å²) in [7, 11) is 0. The molecule has 0 aromatic carbocycles. The Morgan fingerprint density at radius 3 is 2.64 bits per heavy atom. The highest BCUT2D eigenvalue weighted by Gasteiger charge is 2.42. The zero-order chi connectivity index (χ0) is 18.2. The Balaban J connectivity index is 1.69. The normalized spacial score (nSPS) is 21.9. The Kier molecular flexibility index (Phi) is 4.55. The molecule has 0 radical (unpaired) electrons. The molecule has 3 rings (SSSR count). The Morgan fingerprint density at radius 1 is 1.32 bits per heavy atom. The van der Waals surface area contributed by atoms with Crippen LogP contribution in [0.25, 0.3) is 0 Å². The number of amides is 2. The Morgan fingerprint density at radius 2 is 2.04 bits per heavy atom. The number of hydrogen-bond acceptors (Lipinski definition) is 6. The molecule has 8 nitrogen and oxygen atoms in total. The maximum Gasteiger partial charge on any atom is 0.340 e. The average Bonchev–Trinajstić information content (AvgIpc) is 3.29. The van der Waals surface area contributed by atoms with Gasteiger partial charge in [0.1, 0.15) is 5.75 Å². The van der Waals surface area contributed by atoms with Gasteiger partial charge in [-0.1, -0.05) is 6.92 Å². The molecule has 136 valence electrons. The van der Waals surface area contributed by atoms with Gasteiger partial charge in [0.25, 0.3) is 5.91 Å². The van der Waals surface area contributed by atoms with E-state index in [1.807, 2.05) is 0 Å². The maximum atomic E-state index is 12.5. The lowest BCUT2D eigenvalue weighted by molar-refractivity contribution is -0.138. The second kappa shape index (κ2) is 6.51. The van der Waals surface area contributed by atoms with Crippen molar-refractivity contribution in [3.05, 3.63) is 28.3 Å². The minimum absolute atomic E-state index is 0.00460. The van der Waals surface area contributed by atoms with Crippen LogP contribution in [-0.2, 0) is 4.79 Å². The van der Waals surface area contributed by atoms with E-state index in [4.69, 9.17) is 4.42 Å². The van der Waals surface area contributed by atoms with Crippen LogP contribution in [0.15, 0.2) is 21.3 Å². The number of rotatable bonds is 4. The summed E-state index contributed by atoms with van der Waals surface area (Å²) in [4.78, 5) is 39.3. The van der Waals surface area contributed by atoms with E-state index in [-0.39, 0.29) is 42.5 Å². The van der Waals surface area contributed by atoms with Gasteiger partial charge < -0.3 is 24.4 Å². The fourth-order valence-corrected chi connectivity index (χ4v) is 3.11. The third-order valence-electron chi connectivity index (χ3n) is 4.95. The SMILES string of the molecule is CC1(CC(=O)N2CCN(C(=O)c3cc(O)cc(=O)o3)CC2CO)CC1. The summed E-state index contributed by atoms with van der Waals surface area (Å²) in [5.74, 6) is -1.15. The van der Waals surface area contributed by atoms with Crippen LogP contribution in [0.2, 0.25) is 0 Å². The average molecular weight is 350 g/mol. The number of piperazine rings is 1. The first-order valence-electron chi connectivity index (χ1n) is 8.35. The van der Waals surface area contributed by atoms with Crippen molar-refractivity contribution in [2.24, 2.45) is 5.41 Å². The molecule has 2 fully saturated rings. The minimum atomic E-state index is -0.812. The molecule has 8 heteroatoms. The first-order valence-corrected chi connectivity index (χ1v) is 8.35. The molecule has 1 aromatic rings. The van der Waals surface area contributed by atoms with Gasteiger partial charge in [-0.05, 0) is 18.3 Å². The van der Waals surface area contributed by atoms with Gasteiger partial charge in [-0.25, -0.2) is 4.79 Å². The molecule has 0 bridgehead atoms. The second-order valence-corrected chi connectivity index (χ2v) is 7.16. The standard InChI is InChI=1S/C17H22N2O6/c1-17(2-3-17)8-14(22)19-5-4-18(9-11(19)10-20)16(24)13-6-12(21)7-15(23)25-13/h6-7,11,20-21H,2-5,8-10H2,1H3. The van der Waals surface area contributed by atoms with Crippen LogP contribution in [0.5, 0.6) is 5.75 Å². The van der Waals surface area contributed by atoms with E-state index in [1.165, 1.54) is 4.90 Å². The van der Waals surface area contributed by atoms with E-state index in [0.717, 1.165) is 25.0 Å². The van der Waals surface area contributed by atoms with E-state index in [1.54, 1.807) is 4.90 Å². The lowest BCUT2D eigenvalue weighted by Gasteiger charge is -2.40. The van der Waals surface area contributed by atoms with Crippen LogP contribution >= 0.6 is 0 Å². The second-order valence-electron chi connectivity index (χ2n) is 7.16. The predicted octanol–water partition coefficient (Wildman–Crippen LogP) is 0.181. The first kappa shape index (κ1) is 17.5. The van der Waals surface area contributed by atoms with Gasteiger partial charge in [-0.15, -0.1) is 0 Å². The van der Waals surface area contributed by atoms with Gasteiger partial charge in [0.15, 0.2) is 5.76 Å². The molecule has 1 aliphatic carbocycles. The largest absolute Gasteiger partial charge is 0.508 e. The van der Waals surface area contributed by atoms with Crippen LogP contribution in [0, 0.1) is 5.41 Å². The van der Waals surface area contributed by atoms with E-state index < -0.39 is 17.6 Å². The fraction of sp³-hybridized carbons (Fsp3) is 0.588. The third-order valence-corrected chi connectivity index (χ3v) is 4.95. The number of carbonyl (C=O) groups is 2. The van der Waals surface area contributed by atoms with E-state index in [9.17, 15) is 24.6 Å². The van der Waals surface area contributed by atoms with Gasteiger partial charge in [0, 0.05) is 32.1 Å². The monoisotopic (exact) mass is 350 g/mol. The van der Waals surface area contributed by atoms with Gasteiger partial charge in [-0.3, -0.25) is 9.59 Å². The maximum absolute atomic E-state index is 12.5. The summed E-state index contributed by atoms with van der Waals surface area (Å²) in [5.41, 5.74) is -0.733. The molecule has 2 amide bonds. The number of carbonyl (C=O) groups excluding carboxylic acids is 2. The number of aliphatic hydroxyl groups is 1. The van der Waals surface area contributed by atoms with Gasteiger partial charge in [0.2, 0.25) is 5.91 Å². The molecule has 1 aliphatic heterocycles. The van der Waals surface area contributed by atoms with Crippen LogP contribution in [-0.4, -0.2) is 64.1 Å². The Labute approximate surface area is 144 Å². The highest BCUT2D eigenvalue weighted by Crippen LogP contribution is 2.48. The topological polar surface area (TPSA) is 111 Å². The summed E-state index contributed by atoms with van der Waals surface area (Å²) in [5, 5.41) is 19.1. The molecule has 1 saturated heterocycles. The van der Waals surface area contributed by atoms with Crippen molar-refractivity contribution in [1.29, 1.82) is 0 Å². The number of aliphatic hydroxyl groups excluding tert-OH is 1. The molecule has 1 atom stereocenters. The van der Waals surface area contributed by atoms with E-state index in [2.05, 4.69) is 6.92 Å². The molecule has 1 aromatic heterocycles. The van der Waals surface area contributed by atoms with Crippen LogP contribution in [0.1, 0.15) is 36.7 Å². The van der Waals surface area contributed by atoms with Crippen molar-refractivity contribution in [3.8, 4) is 5.75 Å². The Bertz CT molecular complexity index is 739. The van der Waals surface area contributed by atoms with Crippen molar-refractivity contribution in [1.82, 2.24) is 9.80 Å². The molecule has 2 N–H and O–H groups in total. The van der Waals surface area contributed by atoms with Crippen molar-refractivity contribution < 1.29 is 24.2 Å². The fourth-order valence-electron chi connectivity index (χ4n) is 3.11. The van der Waals surface area contributed by atoms with Crippen LogP contribution in [0.4, 0.5) is 0 Å². The molecule has 2 aliphatic rings. The summed E-state index contributed by atoms with van der Waals surface area (Å²) in [6.07, 6.45) is 2.54. The van der Waals surface area contributed by atoms with Crippen molar-refractivity contribution in [3.63, 3.8) is 0 Å². The molecule has 25 heavy (non-hydrogen) atoms. The number of nitrogens with zero attached hydrogens (tertiary/aromatic N) is 2. The third kappa shape index (κ3) is 3.84. The molecular formula is C17H22N2O6. The summed E-state index contributed by atoms with van der Waals surface area (Å²) in [6.45, 7) is 2.56. The molecular weight excluding hydrogens is 328 g/mol. The zero-order valence-corrected chi connectivity index (χ0v) is 14.1. The van der Waals surface area contributed by atoms with Crippen molar-refractivity contribution in [2.45, 2.75) is 32.2 Å². The Hall–Kier alpha value is -2.35. The van der Waals surface area contributed by atoms with Gasteiger partial charge >= 0.3 is 5.63 Å². The highest BCUT2D eigenvalue weighted by molar-refractivity contribution is 5.92. The molecule has 1 unspecified atom stereocenters. The first-order chi connectivity index (χ1) is 11.8. The zero-order valence-electron chi connectivity index (χ0n) is 14.1. The lowest BCUT2D eigenvalue weighted by atomic mass is 10.0. The van der Waals surface area contributed by atoms with Gasteiger partial charge in [-0.2, -0.15) is 0 Å². The quantitative estimate of drug-likeness (QED) is 0.801. The van der Waals surface area contributed by atoms with Crippen LogP contribution < -0.4 is 5.63 Å².